The first-order valence-electron chi connectivity index (χ1n) is 4.34. The smallest absolute Gasteiger partial charge is 0.393 e. The average molecular weight is 200 g/mol. The maximum absolute atomic E-state index is 11.4. The molecule has 0 aliphatic heterocycles. The molecule has 2 nitrogen and oxygen atoms in total. The number of ether oxygens (including phenoxy) is 1. The van der Waals surface area contributed by atoms with Gasteiger partial charge in [0.05, 0.1) is 12.7 Å². The standard InChI is InChI=1S/C8H15F3O2/c1-2-4-7(12)5-3-6-13-8(9,10)11/h7,12H,2-6H2,1H3. The first-order valence-corrected chi connectivity index (χ1v) is 4.34. The van der Waals surface area contributed by atoms with Crippen molar-refractivity contribution in [3.05, 3.63) is 0 Å². The second-order valence-corrected chi connectivity index (χ2v) is 2.88. The highest BCUT2D eigenvalue weighted by Gasteiger charge is 2.28. The van der Waals surface area contributed by atoms with Crippen molar-refractivity contribution in [2.24, 2.45) is 0 Å². The van der Waals surface area contributed by atoms with Gasteiger partial charge >= 0.3 is 6.36 Å². The van der Waals surface area contributed by atoms with Gasteiger partial charge in [-0.1, -0.05) is 13.3 Å². The molecule has 13 heavy (non-hydrogen) atoms. The topological polar surface area (TPSA) is 29.5 Å². The summed E-state index contributed by atoms with van der Waals surface area (Å²) in [6.07, 6.45) is -2.98. The monoisotopic (exact) mass is 200 g/mol. The normalized spacial score (nSPS) is 14.5. The second-order valence-electron chi connectivity index (χ2n) is 2.88. The lowest BCUT2D eigenvalue weighted by Crippen LogP contribution is -2.15. The highest BCUT2D eigenvalue weighted by atomic mass is 19.4. The Kier molecular flexibility index (Phi) is 6.07. The second kappa shape index (κ2) is 6.21. The van der Waals surface area contributed by atoms with Crippen LogP contribution in [0.5, 0.6) is 0 Å². The Morgan fingerprint density at radius 3 is 2.38 bits per heavy atom. The summed E-state index contributed by atoms with van der Waals surface area (Å²) < 4.78 is 37.9. The fraction of sp³-hybridized carbons (Fsp3) is 1.00. The van der Waals surface area contributed by atoms with Crippen LogP contribution in [0, 0.1) is 0 Å². The van der Waals surface area contributed by atoms with Crippen molar-refractivity contribution in [2.45, 2.75) is 45.1 Å². The highest BCUT2D eigenvalue weighted by molar-refractivity contribution is 4.53. The fourth-order valence-corrected chi connectivity index (χ4v) is 0.984. The van der Waals surface area contributed by atoms with Crippen LogP contribution in [0.1, 0.15) is 32.6 Å². The third-order valence-electron chi connectivity index (χ3n) is 1.57. The molecule has 0 saturated carbocycles. The van der Waals surface area contributed by atoms with Gasteiger partial charge in [-0.2, -0.15) is 0 Å². The van der Waals surface area contributed by atoms with E-state index in [0.717, 1.165) is 6.42 Å². The van der Waals surface area contributed by atoms with Crippen molar-refractivity contribution in [1.82, 2.24) is 0 Å². The molecule has 0 aromatic carbocycles. The van der Waals surface area contributed by atoms with Crippen molar-refractivity contribution in [3.8, 4) is 0 Å². The van der Waals surface area contributed by atoms with Crippen molar-refractivity contribution < 1.29 is 23.0 Å². The van der Waals surface area contributed by atoms with Crippen molar-refractivity contribution in [1.29, 1.82) is 0 Å². The molecule has 1 atom stereocenters. The van der Waals surface area contributed by atoms with Gasteiger partial charge in [0.15, 0.2) is 0 Å². The van der Waals surface area contributed by atoms with E-state index in [0.29, 0.717) is 12.8 Å². The van der Waals surface area contributed by atoms with Crippen LogP contribution in [0.4, 0.5) is 13.2 Å². The summed E-state index contributed by atoms with van der Waals surface area (Å²) in [5, 5.41) is 9.14. The van der Waals surface area contributed by atoms with Gasteiger partial charge in [-0.3, -0.25) is 4.74 Å². The third-order valence-corrected chi connectivity index (χ3v) is 1.57. The van der Waals surface area contributed by atoms with E-state index in [-0.39, 0.29) is 13.0 Å². The van der Waals surface area contributed by atoms with Crippen LogP contribution in [0.25, 0.3) is 0 Å². The lowest BCUT2D eigenvalue weighted by atomic mass is 10.1. The van der Waals surface area contributed by atoms with E-state index in [1.54, 1.807) is 0 Å². The van der Waals surface area contributed by atoms with Gasteiger partial charge in [-0.15, -0.1) is 13.2 Å². The molecule has 0 rings (SSSR count). The minimum Gasteiger partial charge on any atom is -0.393 e. The zero-order valence-corrected chi connectivity index (χ0v) is 7.60. The van der Waals surface area contributed by atoms with E-state index in [1.807, 2.05) is 6.92 Å². The van der Waals surface area contributed by atoms with Crippen LogP contribution in [-0.2, 0) is 4.74 Å². The largest absolute Gasteiger partial charge is 0.522 e. The molecule has 80 valence electrons. The maximum atomic E-state index is 11.4. The predicted octanol–water partition coefficient (Wildman–Crippen LogP) is 2.46. The summed E-state index contributed by atoms with van der Waals surface area (Å²) in [7, 11) is 0. The number of halogens is 3. The molecule has 0 aliphatic rings. The molecule has 0 heterocycles. The quantitative estimate of drug-likeness (QED) is 0.667. The van der Waals surface area contributed by atoms with Crippen molar-refractivity contribution in [3.63, 3.8) is 0 Å². The SMILES string of the molecule is CCCC(O)CCCOC(F)(F)F. The molecule has 1 unspecified atom stereocenters. The molecule has 0 aromatic heterocycles. The summed E-state index contributed by atoms with van der Waals surface area (Å²) >= 11 is 0. The summed E-state index contributed by atoms with van der Waals surface area (Å²) in [5.41, 5.74) is 0. The van der Waals surface area contributed by atoms with Gasteiger partial charge in [0.1, 0.15) is 0 Å². The molecule has 0 fully saturated rings. The highest BCUT2D eigenvalue weighted by Crippen LogP contribution is 2.17. The number of aliphatic hydroxyl groups excluding tert-OH is 1. The number of hydrogen-bond acceptors (Lipinski definition) is 2. The summed E-state index contributed by atoms with van der Waals surface area (Å²) in [5.74, 6) is 0. The lowest BCUT2D eigenvalue weighted by Gasteiger charge is -2.10. The Hall–Kier alpha value is -0.290. The van der Waals surface area contributed by atoms with E-state index >= 15 is 0 Å². The minimum absolute atomic E-state index is 0.237. The van der Waals surface area contributed by atoms with E-state index in [9.17, 15) is 13.2 Å². The van der Waals surface area contributed by atoms with Gasteiger partial charge < -0.3 is 5.11 Å². The molecule has 0 bridgehead atoms. The van der Waals surface area contributed by atoms with E-state index < -0.39 is 12.5 Å². The van der Waals surface area contributed by atoms with Gasteiger partial charge in [0.2, 0.25) is 0 Å². The van der Waals surface area contributed by atoms with Crippen LogP contribution >= 0.6 is 0 Å². The van der Waals surface area contributed by atoms with E-state index in [4.69, 9.17) is 5.11 Å². The Morgan fingerprint density at radius 1 is 1.31 bits per heavy atom. The summed E-state index contributed by atoms with van der Waals surface area (Å²) in [4.78, 5) is 0. The number of hydrogen-bond donors (Lipinski definition) is 1. The minimum atomic E-state index is -4.55. The summed E-state index contributed by atoms with van der Waals surface area (Å²) in [6.45, 7) is 1.54. The lowest BCUT2D eigenvalue weighted by molar-refractivity contribution is -0.324. The molecule has 0 radical (unpaired) electrons. The van der Waals surface area contributed by atoms with E-state index in [2.05, 4.69) is 4.74 Å². The van der Waals surface area contributed by atoms with Crippen LogP contribution in [-0.4, -0.2) is 24.2 Å². The first-order chi connectivity index (χ1) is 5.95. The van der Waals surface area contributed by atoms with Crippen LogP contribution in [0.2, 0.25) is 0 Å². The van der Waals surface area contributed by atoms with Gasteiger partial charge in [-0.25, -0.2) is 0 Å². The number of rotatable bonds is 6. The Bertz CT molecular complexity index is 125. The Labute approximate surface area is 75.7 Å². The van der Waals surface area contributed by atoms with Crippen LogP contribution in [0.15, 0.2) is 0 Å². The molecule has 5 heteroatoms. The number of alkyl halides is 3. The predicted molar refractivity (Wildman–Crippen MR) is 42.2 cm³/mol. The van der Waals surface area contributed by atoms with Crippen molar-refractivity contribution in [2.75, 3.05) is 6.61 Å². The molecule has 0 amide bonds. The van der Waals surface area contributed by atoms with Crippen LogP contribution < -0.4 is 0 Å². The fourth-order valence-electron chi connectivity index (χ4n) is 0.984. The third kappa shape index (κ3) is 9.63. The average Bonchev–Trinajstić information content (AvgIpc) is 1.97. The number of aliphatic hydroxyl groups is 1. The van der Waals surface area contributed by atoms with Gasteiger partial charge in [0.25, 0.3) is 0 Å². The molecular formula is C8H15F3O2. The maximum Gasteiger partial charge on any atom is 0.522 e. The Morgan fingerprint density at radius 2 is 1.92 bits per heavy atom. The van der Waals surface area contributed by atoms with Crippen LogP contribution in [0.3, 0.4) is 0 Å². The summed E-state index contributed by atoms with van der Waals surface area (Å²) in [6, 6.07) is 0. The molecular weight excluding hydrogens is 185 g/mol. The van der Waals surface area contributed by atoms with E-state index in [1.165, 1.54) is 0 Å². The van der Waals surface area contributed by atoms with Crippen molar-refractivity contribution >= 4 is 0 Å². The Balaban J connectivity index is 3.25. The molecule has 0 saturated heterocycles. The van der Waals surface area contributed by atoms with Gasteiger partial charge in [0, 0.05) is 0 Å². The molecule has 0 aromatic rings. The van der Waals surface area contributed by atoms with Gasteiger partial charge in [-0.05, 0) is 19.3 Å². The zero-order valence-electron chi connectivity index (χ0n) is 7.60. The zero-order chi connectivity index (χ0) is 10.3. The molecule has 0 spiro atoms. The molecule has 0 aliphatic carbocycles. The first kappa shape index (κ1) is 12.7. The molecule has 1 N–H and O–H groups in total.